The lowest BCUT2D eigenvalue weighted by atomic mass is 10.3. The van der Waals surface area contributed by atoms with E-state index in [1.54, 1.807) is 18.6 Å². The molecule has 3 rings (SSSR count). The quantitative estimate of drug-likeness (QED) is 0.681. The molecule has 0 atom stereocenters. The lowest BCUT2D eigenvalue weighted by Crippen LogP contribution is -2.25. The zero-order valence-corrected chi connectivity index (χ0v) is 13.1. The van der Waals surface area contributed by atoms with Crippen LogP contribution in [0.5, 0.6) is 0 Å². The van der Waals surface area contributed by atoms with Gasteiger partial charge < -0.3 is 10.3 Å². The first kappa shape index (κ1) is 14.7. The number of rotatable bonds is 8. The monoisotopic (exact) mass is 326 g/mol. The Balaban J connectivity index is 1.53. The van der Waals surface area contributed by atoms with E-state index >= 15 is 0 Å². The second-order valence-electron chi connectivity index (χ2n) is 5.10. The molecule has 0 spiro atoms. The predicted molar refractivity (Wildman–Crippen MR) is 81.7 cm³/mol. The molecule has 0 aliphatic heterocycles. The Labute approximate surface area is 128 Å². The molecule has 6 nitrogen and oxygen atoms in total. The van der Waals surface area contributed by atoms with Gasteiger partial charge in [-0.1, -0.05) is 0 Å². The summed E-state index contributed by atoms with van der Waals surface area (Å²) in [6, 6.07) is 4.18. The number of aromatic nitrogens is 2. The van der Waals surface area contributed by atoms with Gasteiger partial charge in [0.25, 0.3) is 0 Å². The Bertz CT molecular complexity index is 675. The highest BCUT2D eigenvalue weighted by atomic mass is 32.2. The van der Waals surface area contributed by atoms with Crippen molar-refractivity contribution in [1.29, 1.82) is 0 Å². The van der Waals surface area contributed by atoms with Gasteiger partial charge in [-0.2, -0.15) is 0 Å². The first-order valence-electron chi connectivity index (χ1n) is 6.92. The van der Waals surface area contributed by atoms with Gasteiger partial charge >= 0.3 is 0 Å². The molecule has 8 heteroatoms. The van der Waals surface area contributed by atoms with Gasteiger partial charge in [0.1, 0.15) is 4.21 Å². The minimum absolute atomic E-state index is 0.359. The van der Waals surface area contributed by atoms with Crippen LogP contribution in [-0.2, 0) is 23.0 Å². The lowest BCUT2D eigenvalue weighted by molar-refractivity contribution is 0.583. The molecule has 0 aromatic carbocycles. The Kier molecular flexibility index (Phi) is 4.39. The third kappa shape index (κ3) is 4.13. The van der Waals surface area contributed by atoms with Crippen molar-refractivity contribution in [1.82, 2.24) is 20.0 Å². The molecule has 21 heavy (non-hydrogen) atoms. The SMILES string of the molecule is O=S(=O)(NCCc1cnc[nH]1)c1ccc(CNC2CC2)s1. The van der Waals surface area contributed by atoms with Crippen molar-refractivity contribution in [2.45, 2.75) is 36.1 Å². The van der Waals surface area contributed by atoms with Crippen molar-refractivity contribution in [2.75, 3.05) is 6.54 Å². The summed E-state index contributed by atoms with van der Waals surface area (Å²) in [5, 5.41) is 3.38. The second kappa shape index (κ2) is 6.27. The lowest BCUT2D eigenvalue weighted by Gasteiger charge is -2.03. The Morgan fingerprint density at radius 3 is 2.95 bits per heavy atom. The van der Waals surface area contributed by atoms with Gasteiger partial charge in [0.2, 0.25) is 10.0 Å². The largest absolute Gasteiger partial charge is 0.348 e. The number of nitrogens with zero attached hydrogens (tertiary/aromatic N) is 1. The molecule has 3 N–H and O–H groups in total. The maximum absolute atomic E-state index is 12.2. The van der Waals surface area contributed by atoms with Gasteiger partial charge in [-0.15, -0.1) is 11.3 Å². The van der Waals surface area contributed by atoms with Crippen LogP contribution in [0, 0.1) is 0 Å². The maximum Gasteiger partial charge on any atom is 0.250 e. The summed E-state index contributed by atoms with van der Waals surface area (Å²) in [5.74, 6) is 0. The highest BCUT2D eigenvalue weighted by molar-refractivity contribution is 7.91. The zero-order valence-electron chi connectivity index (χ0n) is 11.5. The number of hydrogen-bond acceptors (Lipinski definition) is 5. The molecule has 2 aromatic heterocycles. The van der Waals surface area contributed by atoms with E-state index < -0.39 is 10.0 Å². The van der Waals surface area contributed by atoms with Crippen LogP contribution in [0.3, 0.4) is 0 Å². The summed E-state index contributed by atoms with van der Waals surface area (Å²) >= 11 is 1.32. The third-order valence-corrected chi connectivity index (χ3v) is 6.32. The molecule has 0 saturated heterocycles. The number of aromatic amines is 1. The van der Waals surface area contributed by atoms with E-state index in [1.807, 2.05) is 6.07 Å². The van der Waals surface area contributed by atoms with Crippen molar-refractivity contribution >= 4 is 21.4 Å². The summed E-state index contributed by atoms with van der Waals surface area (Å²) in [4.78, 5) is 7.90. The van der Waals surface area contributed by atoms with E-state index in [0.717, 1.165) is 17.1 Å². The molecule has 0 unspecified atom stereocenters. The minimum Gasteiger partial charge on any atom is -0.348 e. The average Bonchev–Trinajstić information content (AvgIpc) is 2.93. The summed E-state index contributed by atoms with van der Waals surface area (Å²) < 4.78 is 27.3. The summed E-state index contributed by atoms with van der Waals surface area (Å²) in [7, 11) is -3.41. The number of H-pyrrole nitrogens is 1. The van der Waals surface area contributed by atoms with Gasteiger partial charge in [-0.3, -0.25) is 0 Å². The van der Waals surface area contributed by atoms with E-state index in [2.05, 4.69) is 20.0 Å². The number of sulfonamides is 1. The van der Waals surface area contributed by atoms with E-state index in [0.29, 0.717) is 23.2 Å². The average molecular weight is 326 g/mol. The maximum atomic E-state index is 12.2. The Morgan fingerprint density at radius 1 is 1.38 bits per heavy atom. The highest BCUT2D eigenvalue weighted by Gasteiger charge is 2.21. The summed E-state index contributed by atoms with van der Waals surface area (Å²) in [6.07, 6.45) is 6.33. The molecule has 2 aromatic rings. The first-order chi connectivity index (χ1) is 10.1. The molecule has 1 aliphatic rings. The Hall–Kier alpha value is -1.22. The second-order valence-corrected chi connectivity index (χ2v) is 8.26. The molecule has 2 heterocycles. The van der Waals surface area contributed by atoms with Crippen molar-refractivity contribution < 1.29 is 8.42 Å². The van der Waals surface area contributed by atoms with Gasteiger partial charge in [0.05, 0.1) is 6.33 Å². The van der Waals surface area contributed by atoms with Crippen LogP contribution in [0.2, 0.25) is 0 Å². The summed E-state index contributed by atoms with van der Waals surface area (Å²) in [6.45, 7) is 1.11. The first-order valence-corrected chi connectivity index (χ1v) is 9.22. The standard InChI is InChI=1S/C13H18N4O2S2/c18-21(19,17-6-5-11-7-14-9-16-11)13-4-3-12(20-13)8-15-10-1-2-10/h3-4,7,9-10,15,17H,1-2,5-6,8H2,(H,14,16). The van der Waals surface area contributed by atoms with Gasteiger partial charge in [0.15, 0.2) is 0 Å². The summed E-state index contributed by atoms with van der Waals surface area (Å²) in [5.41, 5.74) is 0.915. The van der Waals surface area contributed by atoms with Gasteiger partial charge in [-0.05, 0) is 25.0 Å². The molecular formula is C13H18N4O2S2. The number of hydrogen-bond donors (Lipinski definition) is 3. The molecule has 1 aliphatic carbocycles. The smallest absolute Gasteiger partial charge is 0.250 e. The zero-order chi connectivity index (χ0) is 14.7. The fourth-order valence-electron chi connectivity index (χ4n) is 1.94. The fraction of sp³-hybridized carbons (Fsp3) is 0.462. The molecular weight excluding hydrogens is 308 g/mol. The van der Waals surface area contributed by atoms with Crippen LogP contribution in [-0.4, -0.2) is 31.0 Å². The molecule has 114 valence electrons. The third-order valence-electron chi connectivity index (χ3n) is 3.29. The van der Waals surface area contributed by atoms with E-state index in [4.69, 9.17) is 0 Å². The molecule has 1 saturated carbocycles. The predicted octanol–water partition coefficient (Wildman–Crippen LogP) is 1.24. The van der Waals surface area contributed by atoms with Crippen LogP contribution < -0.4 is 10.0 Å². The number of nitrogens with one attached hydrogen (secondary N) is 3. The van der Waals surface area contributed by atoms with E-state index in [9.17, 15) is 8.42 Å². The minimum atomic E-state index is -3.41. The normalized spacial score (nSPS) is 15.4. The topological polar surface area (TPSA) is 86.9 Å². The van der Waals surface area contributed by atoms with Crippen molar-refractivity contribution in [3.05, 3.63) is 35.2 Å². The highest BCUT2D eigenvalue weighted by Crippen LogP contribution is 2.24. The fourth-order valence-corrected chi connectivity index (χ4v) is 4.33. The van der Waals surface area contributed by atoms with Crippen LogP contribution in [0.4, 0.5) is 0 Å². The molecule has 0 amide bonds. The van der Waals surface area contributed by atoms with E-state index in [-0.39, 0.29) is 0 Å². The van der Waals surface area contributed by atoms with Crippen molar-refractivity contribution in [3.8, 4) is 0 Å². The van der Waals surface area contributed by atoms with Crippen LogP contribution in [0.1, 0.15) is 23.4 Å². The molecule has 1 fully saturated rings. The van der Waals surface area contributed by atoms with Crippen molar-refractivity contribution in [2.24, 2.45) is 0 Å². The molecule has 0 radical (unpaired) electrons. The van der Waals surface area contributed by atoms with E-state index in [1.165, 1.54) is 24.2 Å². The van der Waals surface area contributed by atoms with Crippen LogP contribution in [0.25, 0.3) is 0 Å². The number of thiophene rings is 1. The van der Waals surface area contributed by atoms with Gasteiger partial charge in [-0.25, -0.2) is 18.1 Å². The Morgan fingerprint density at radius 2 is 2.24 bits per heavy atom. The number of imidazole rings is 1. The van der Waals surface area contributed by atoms with Gasteiger partial charge in [0, 0.05) is 42.3 Å². The van der Waals surface area contributed by atoms with Crippen molar-refractivity contribution in [3.63, 3.8) is 0 Å². The van der Waals surface area contributed by atoms with Crippen LogP contribution >= 0.6 is 11.3 Å². The molecule has 0 bridgehead atoms. The van der Waals surface area contributed by atoms with Crippen LogP contribution in [0.15, 0.2) is 28.9 Å².